The van der Waals surface area contributed by atoms with E-state index in [-0.39, 0.29) is 13.0 Å². The fraction of sp³-hybridized carbons (Fsp3) is 0.500. The van der Waals surface area contributed by atoms with E-state index in [1.807, 2.05) is 11.0 Å². The highest BCUT2D eigenvalue weighted by Crippen LogP contribution is 2.34. The maximum atomic E-state index is 12.7. The van der Waals surface area contributed by atoms with Crippen LogP contribution < -0.4 is 0 Å². The first-order valence-corrected chi connectivity index (χ1v) is 7.45. The second-order valence-corrected chi connectivity index (χ2v) is 6.29. The van der Waals surface area contributed by atoms with Crippen LogP contribution in [0.3, 0.4) is 0 Å². The van der Waals surface area contributed by atoms with Gasteiger partial charge in [-0.15, -0.1) is 11.3 Å². The number of aliphatic carboxylic acids is 1. The molecule has 1 aliphatic heterocycles. The third kappa shape index (κ3) is 4.86. The van der Waals surface area contributed by atoms with Crippen molar-refractivity contribution in [2.24, 2.45) is 5.92 Å². The first-order chi connectivity index (χ1) is 9.84. The number of alkyl halides is 3. The van der Waals surface area contributed by atoms with Gasteiger partial charge in [0.1, 0.15) is 0 Å². The molecule has 1 N–H and O–H groups in total. The fourth-order valence-corrected chi connectivity index (χ4v) is 3.37. The Hall–Kier alpha value is -1.34. The van der Waals surface area contributed by atoms with Crippen molar-refractivity contribution < 1.29 is 23.1 Å². The van der Waals surface area contributed by atoms with Gasteiger partial charge in [-0.2, -0.15) is 13.2 Å². The average molecular weight is 319 g/mol. The van der Waals surface area contributed by atoms with E-state index < -0.39 is 18.1 Å². The summed E-state index contributed by atoms with van der Waals surface area (Å²) in [6.45, 7) is 1.20. The third-order valence-corrected chi connectivity index (χ3v) is 4.46. The number of rotatable bonds is 4. The highest BCUT2D eigenvalue weighted by atomic mass is 32.1. The van der Waals surface area contributed by atoms with Gasteiger partial charge in [0.15, 0.2) is 0 Å². The van der Waals surface area contributed by atoms with Gasteiger partial charge in [0.05, 0.1) is 5.92 Å². The smallest absolute Gasteiger partial charge is 0.393 e. The summed E-state index contributed by atoms with van der Waals surface area (Å²) in [5, 5.41) is 8.55. The van der Waals surface area contributed by atoms with Gasteiger partial charge in [0, 0.05) is 28.9 Å². The van der Waals surface area contributed by atoms with E-state index in [9.17, 15) is 18.0 Å². The van der Waals surface area contributed by atoms with Crippen molar-refractivity contribution in [1.82, 2.24) is 4.90 Å². The molecule has 1 aromatic rings. The van der Waals surface area contributed by atoms with Gasteiger partial charge >= 0.3 is 12.1 Å². The average Bonchev–Trinajstić information content (AvgIpc) is 2.83. The molecule has 116 valence electrons. The van der Waals surface area contributed by atoms with E-state index in [1.54, 1.807) is 6.07 Å². The predicted octanol–water partition coefficient (Wildman–Crippen LogP) is 3.62. The molecule has 0 aliphatic carbocycles. The molecule has 21 heavy (non-hydrogen) atoms. The van der Waals surface area contributed by atoms with Gasteiger partial charge in [-0.25, -0.2) is 4.79 Å². The second-order valence-electron chi connectivity index (χ2n) is 5.09. The highest BCUT2D eigenvalue weighted by Gasteiger charge is 2.41. The second kappa shape index (κ2) is 6.62. The summed E-state index contributed by atoms with van der Waals surface area (Å²) in [6, 6.07) is 3.62. The minimum Gasteiger partial charge on any atom is -0.478 e. The van der Waals surface area contributed by atoms with Gasteiger partial charge in [-0.1, -0.05) is 0 Å². The van der Waals surface area contributed by atoms with Gasteiger partial charge in [-0.3, -0.25) is 4.90 Å². The topological polar surface area (TPSA) is 40.5 Å². The van der Waals surface area contributed by atoms with E-state index in [2.05, 4.69) is 0 Å². The number of piperidine rings is 1. The molecule has 3 nitrogen and oxygen atoms in total. The normalized spacial score (nSPS) is 21.0. The quantitative estimate of drug-likeness (QED) is 0.862. The number of hydrogen-bond donors (Lipinski definition) is 1. The van der Waals surface area contributed by atoms with Crippen LogP contribution in [0.4, 0.5) is 13.2 Å². The molecule has 0 saturated carbocycles. The first kappa shape index (κ1) is 16.0. The molecule has 2 heterocycles. The van der Waals surface area contributed by atoms with Crippen LogP contribution in [0.5, 0.6) is 0 Å². The summed E-state index contributed by atoms with van der Waals surface area (Å²) in [5.74, 6) is -2.26. The minimum atomic E-state index is -4.12. The molecule has 0 spiro atoms. The number of halogens is 3. The Kier molecular flexibility index (Phi) is 5.05. The molecule has 1 fully saturated rings. The Bertz CT molecular complexity index is 525. The maximum Gasteiger partial charge on any atom is 0.393 e. The van der Waals surface area contributed by atoms with Crippen LogP contribution in [0.1, 0.15) is 22.6 Å². The molecule has 1 aliphatic rings. The molecule has 0 bridgehead atoms. The lowest BCUT2D eigenvalue weighted by molar-refractivity contribution is -0.187. The van der Waals surface area contributed by atoms with Crippen molar-refractivity contribution in [2.75, 3.05) is 13.1 Å². The zero-order valence-corrected chi connectivity index (χ0v) is 12.1. The van der Waals surface area contributed by atoms with Crippen molar-refractivity contribution in [3.05, 3.63) is 28.0 Å². The molecule has 2 rings (SSSR count). The van der Waals surface area contributed by atoms with E-state index in [0.29, 0.717) is 19.5 Å². The van der Waals surface area contributed by atoms with Crippen molar-refractivity contribution in [3.63, 3.8) is 0 Å². The number of carbonyl (C=O) groups is 1. The van der Waals surface area contributed by atoms with Gasteiger partial charge in [0.2, 0.25) is 0 Å². The predicted molar refractivity (Wildman–Crippen MR) is 75.0 cm³/mol. The first-order valence-electron chi connectivity index (χ1n) is 6.63. The summed E-state index contributed by atoms with van der Waals surface area (Å²) >= 11 is 1.40. The Morgan fingerprint density at radius 3 is 2.90 bits per heavy atom. The summed E-state index contributed by atoms with van der Waals surface area (Å²) in [5.41, 5.74) is 0. The van der Waals surface area contributed by atoms with Gasteiger partial charge < -0.3 is 5.11 Å². The molecule has 7 heteroatoms. The van der Waals surface area contributed by atoms with E-state index in [1.165, 1.54) is 17.4 Å². The number of hydrogen-bond acceptors (Lipinski definition) is 3. The monoisotopic (exact) mass is 319 g/mol. The summed E-state index contributed by atoms with van der Waals surface area (Å²) in [4.78, 5) is 14.0. The van der Waals surface area contributed by atoms with Crippen LogP contribution in [-0.2, 0) is 11.3 Å². The van der Waals surface area contributed by atoms with Crippen molar-refractivity contribution >= 4 is 23.4 Å². The molecule has 1 atom stereocenters. The van der Waals surface area contributed by atoms with Gasteiger partial charge in [-0.05, 0) is 37.6 Å². The van der Waals surface area contributed by atoms with E-state index >= 15 is 0 Å². The molecule has 0 aromatic carbocycles. The van der Waals surface area contributed by atoms with Crippen LogP contribution in [-0.4, -0.2) is 35.2 Å². The summed E-state index contributed by atoms with van der Waals surface area (Å²) in [6.07, 6.45) is -0.816. The van der Waals surface area contributed by atoms with Crippen molar-refractivity contribution in [2.45, 2.75) is 25.6 Å². The molecular weight excluding hydrogens is 303 g/mol. The van der Waals surface area contributed by atoms with Crippen molar-refractivity contribution in [3.8, 4) is 0 Å². The molecule has 1 saturated heterocycles. The Morgan fingerprint density at radius 2 is 2.24 bits per heavy atom. The molecule has 0 amide bonds. The number of carboxylic acids is 1. The zero-order valence-electron chi connectivity index (χ0n) is 11.3. The fourth-order valence-electron chi connectivity index (χ4n) is 2.41. The highest BCUT2D eigenvalue weighted by molar-refractivity contribution is 7.12. The van der Waals surface area contributed by atoms with E-state index in [0.717, 1.165) is 15.8 Å². The minimum absolute atomic E-state index is 0.0434. The third-order valence-electron chi connectivity index (χ3n) is 3.42. The molecular formula is C14H16F3NO2S. The molecule has 0 radical (unpaired) electrons. The van der Waals surface area contributed by atoms with E-state index in [4.69, 9.17) is 5.11 Å². The number of carboxylic acid groups (broad SMARTS) is 1. The zero-order chi connectivity index (χ0) is 15.5. The van der Waals surface area contributed by atoms with Crippen LogP contribution in [0.15, 0.2) is 18.2 Å². The van der Waals surface area contributed by atoms with Crippen LogP contribution in [0.2, 0.25) is 0 Å². The molecule has 1 unspecified atom stereocenters. The maximum absolute atomic E-state index is 12.7. The Balaban J connectivity index is 1.94. The van der Waals surface area contributed by atoms with Crippen LogP contribution in [0, 0.1) is 5.92 Å². The number of nitrogens with zero attached hydrogens (tertiary/aromatic N) is 1. The van der Waals surface area contributed by atoms with Crippen LogP contribution >= 0.6 is 11.3 Å². The Morgan fingerprint density at radius 1 is 1.48 bits per heavy atom. The molecule has 1 aromatic heterocycles. The van der Waals surface area contributed by atoms with Gasteiger partial charge in [0.25, 0.3) is 0 Å². The lowest BCUT2D eigenvalue weighted by atomic mass is 9.97. The summed E-state index contributed by atoms with van der Waals surface area (Å²) < 4.78 is 38.2. The van der Waals surface area contributed by atoms with Crippen molar-refractivity contribution in [1.29, 1.82) is 0 Å². The van der Waals surface area contributed by atoms with Crippen LogP contribution in [0.25, 0.3) is 6.08 Å². The Labute approximate surface area is 124 Å². The SMILES string of the molecule is O=C(O)C=Cc1ccc(CN2CCCC(C(F)(F)F)C2)s1. The standard InChI is InChI=1S/C14H16F3NO2S/c15-14(16,17)10-2-1-7-18(8-10)9-12-4-3-11(21-12)5-6-13(19)20/h3-6,10H,1-2,7-9H2,(H,19,20). The lowest BCUT2D eigenvalue weighted by Gasteiger charge is -2.33. The largest absolute Gasteiger partial charge is 0.478 e. The summed E-state index contributed by atoms with van der Waals surface area (Å²) in [7, 11) is 0. The number of thiophene rings is 1. The lowest BCUT2D eigenvalue weighted by Crippen LogP contribution is -2.41. The number of likely N-dealkylation sites (tertiary alicyclic amines) is 1.